The zero-order chi connectivity index (χ0) is 24.5. The van der Waals surface area contributed by atoms with Crippen molar-refractivity contribution >= 4 is 29.0 Å². The molecule has 0 bridgehead atoms. The molecule has 34 heavy (non-hydrogen) atoms. The van der Waals surface area contributed by atoms with Gasteiger partial charge < -0.3 is 20.1 Å². The Morgan fingerprint density at radius 1 is 1.15 bits per heavy atom. The maximum Gasteiger partial charge on any atom is 0.421 e. The smallest absolute Gasteiger partial charge is 0.421 e. The van der Waals surface area contributed by atoms with Crippen molar-refractivity contribution in [2.45, 2.75) is 25.1 Å². The number of carbonyl (C=O) groups excluding carboxylic acids is 1. The molecule has 1 aromatic heterocycles. The number of aromatic nitrogens is 1. The maximum atomic E-state index is 13.8. The Morgan fingerprint density at radius 2 is 1.88 bits per heavy atom. The number of nitrogens with one attached hydrogen (secondary N) is 2. The van der Waals surface area contributed by atoms with Gasteiger partial charge in [-0.15, -0.1) is 0 Å². The molecule has 0 saturated carbocycles. The van der Waals surface area contributed by atoms with Crippen LogP contribution in [0.1, 0.15) is 17.7 Å². The Bertz CT molecular complexity index is 1230. The van der Waals surface area contributed by atoms with E-state index in [1.165, 1.54) is 42.5 Å². The number of benzene rings is 2. The molecule has 3 aromatic rings. The van der Waals surface area contributed by atoms with E-state index in [-0.39, 0.29) is 46.6 Å². The number of para-hydroxylation sites is 1. The molecule has 178 valence electrons. The number of urea groups is 1. The molecule has 2 N–H and O–H groups in total. The van der Waals surface area contributed by atoms with Crippen LogP contribution in [0.3, 0.4) is 0 Å². The maximum absolute atomic E-state index is 13.8. The van der Waals surface area contributed by atoms with E-state index in [1.54, 1.807) is 13.0 Å². The van der Waals surface area contributed by atoms with E-state index in [2.05, 4.69) is 15.6 Å². The molecule has 0 spiro atoms. The lowest BCUT2D eigenvalue weighted by Crippen LogP contribution is -2.52. The van der Waals surface area contributed by atoms with Crippen molar-refractivity contribution in [3.8, 4) is 11.6 Å². The average Bonchev–Trinajstić information content (AvgIpc) is 2.72. The predicted octanol–water partition coefficient (Wildman–Crippen LogP) is 6.80. The number of carbonyl (C=O) groups is 1. The van der Waals surface area contributed by atoms with Crippen LogP contribution in [0.2, 0.25) is 5.02 Å². The number of hydrogen-bond acceptors (Lipinski definition) is 4. The van der Waals surface area contributed by atoms with Gasteiger partial charge in [-0.05, 0) is 43.3 Å². The van der Waals surface area contributed by atoms with Crippen LogP contribution in [0.5, 0.6) is 11.6 Å². The molecule has 0 aliphatic carbocycles. The molecule has 1 fully saturated rings. The third kappa shape index (κ3) is 4.64. The highest BCUT2D eigenvalue weighted by atomic mass is 35.5. The number of pyridine rings is 1. The first-order chi connectivity index (χ1) is 16.1. The molecular formula is C23H18ClF4N3O3. The summed E-state index contributed by atoms with van der Waals surface area (Å²) in [6.07, 6.45) is -4.90. The molecule has 1 aliphatic rings. The first kappa shape index (κ1) is 23.8. The Balaban J connectivity index is 1.61. The highest BCUT2D eigenvalue weighted by molar-refractivity contribution is 6.30. The second-order valence-corrected chi connectivity index (χ2v) is 7.94. The quantitative estimate of drug-likeness (QED) is 0.382. The second-order valence-electron chi connectivity index (χ2n) is 7.53. The fourth-order valence-electron chi connectivity index (χ4n) is 3.45. The van der Waals surface area contributed by atoms with Gasteiger partial charge in [0.1, 0.15) is 17.3 Å². The summed E-state index contributed by atoms with van der Waals surface area (Å²) in [6.45, 7) is 1.63. The Morgan fingerprint density at radius 3 is 2.53 bits per heavy atom. The van der Waals surface area contributed by atoms with Crippen LogP contribution in [0.4, 0.5) is 33.7 Å². The summed E-state index contributed by atoms with van der Waals surface area (Å²) in [5, 5.41) is 4.85. The summed E-state index contributed by atoms with van der Waals surface area (Å²) in [7, 11) is 0. The lowest BCUT2D eigenvalue weighted by atomic mass is 9.85. The van der Waals surface area contributed by atoms with Gasteiger partial charge >= 0.3 is 12.2 Å². The minimum Gasteiger partial charge on any atom is -0.437 e. The third-order valence-electron chi connectivity index (χ3n) is 5.21. The highest BCUT2D eigenvalue weighted by Crippen LogP contribution is 2.53. The van der Waals surface area contributed by atoms with Gasteiger partial charge in [0.05, 0.1) is 11.6 Å². The van der Waals surface area contributed by atoms with Crippen molar-refractivity contribution in [1.82, 2.24) is 4.98 Å². The molecular weight excluding hydrogens is 478 g/mol. The Kier molecular flexibility index (Phi) is 6.37. The standard InChI is InChI=1S/C23H18ClF4N3O3/c1-13-6-9-18(31-21(32)30-14-7-8-16(24)17(25)12-14)20(29-13)34-19-5-3-2-4-15(19)22(10-11-33-22)23(26,27)28/h2-9,12H,10-11H2,1H3,(H2,30,31,32). The number of anilines is 2. The van der Waals surface area contributed by atoms with Crippen LogP contribution in [0.15, 0.2) is 54.6 Å². The summed E-state index contributed by atoms with van der Waals surface area (Å²) in [5.74, 6) is -0.948. The van der Waals surface area contributed by atoms with E-state index in [0.29, 0.717) is 5.69 Å². The number of amides is 2. The number of aryl methyl sites for hydroxylation is 1. The number of halogens is 5. The molecule has 4 rings (SSSR count). The van der Waals surface area contributed by atoms with E-state index < -0.39 is 23.6 Å². The lowest BCUT2D eigenvalue weighted by Gasteiger charge is -2.43. The number of hydrogen-bond donors (Lipinski definition) is 2. The summed E-state index contributed by atoms with van der Waals surface area (Å²) < 4.78 is 65.9. The van der Waals surface area contributed by atoms with Crippen molar-refractivity contribution in [2.75, 3.05) is 17.2 Å². The topological polar surface area (TPSA) is 72.5 Å². The van der Waals surface area contributed by atoms with Crippen LogP contribution >= 0.6 is 11.6 Å². The Hall–Kier alpha value is -3.37. The third-order valence-corrected chi connectivity index (χ3v) is 5.52. The van der Waals surface area contributed by atoms with Gasteiger partial charge in [0.2, 0.25) is 5.88 Å². The van der Waals surface area contributed by atoms with Crippen LogP contribution in [0.25, 0.3) is 0 Å². The van der Waals surface area contributed by atoms with Gasteiger partial charge in [-0.2, -0.15) is 13.2 Å². The molecule has 1 atom stereocenters. The average molecular weight is 496 g/mol. The van der Waals surface area contributed by atoms with Crippen LogP contribution in [-0.4, -0.2) is 23.8 Å². The summed E-state index contributed by atoms with van der Waals surface area (Å²) >= 11 is 5.64. The van der Waals surface area contributed by atoms with Crippen LogP contribution < -0.4 is 15.4 Å². The van der Waals surface area contributed by atoms with E-state index in [0.717, 1.165) is 6.07 Å². The number of rotatable bonds is 5. The fourth-order valence-corrected chi connectivity index (χ4v) is 3.57. The molecule has 0 radical (unpaired) electrons. The second kappa shape index (κ2) is 9.11. The van der Waals surface area contributed by atoms with Gasteiger partial charge in [-0.3, -0.25) is 0 Å². The minimum absolute atomic E-state index is 0.0329. The van der Waals surface area contributed by atoms with Crippen molar-refractivity contribution in [3.63, 3.8) is 0 Å². The van der Waals surface area contributed by atoms with Gasteiger partial charge in [-0.25, -0.2) is 14.2 Å². The van der Waals surface area contributed by atoms with Gasteiger partial charge in [-0.1, -0.05) is 29.8 Å². The molecule has 1 unspecified atom stereocenters. The monoisotopic (exact) mass is 495 g/mol. The van der Waals surface area contributed by atoms with Crippen LogP contribution in [0, 0.1) is 12.7 Å². The van der Waals surface area contributed by atoms with Crippen LogP contribution in [-0.2, 0) is 10.3 Å². The Labute approximate surface area is 196 Å². The van der Waals surface area contributed by atoms with Gasteiger partial charge in [0.15, 0.2) is 5.60 Å². The van der Waals surface area contributed by atoms with E-state index in [9.17, 15) is 22.4 Å². The molecule has 1 saturated heterocycles. The predicted molar refractivity (Wildman–Crippen MR) is 118 cm³/mol. The van der Waals surface area contributed by atoms with E-state index >= 15 is 0 Å². The normalized spacial score (nSPS) is 17.6. The lowest BCUT2D eigenvalue weighted by molar-refractivity contribution is -0.333. The van der Waals surface area contributed by atoms with Crippen molar-refractivity contribution in [2.24, 2.45) is 0 Å². The first-order valence-electron chi connectivity index (χ1n) is 10.1. The molecule has 2 aromatic carbocycles. The van der Waals surface area contributed by atoms with E-state index in [1.807, 2.05) is 0 Å². The zero-order valence-electron chi connectivity index (χ0n) is 17.7. The minimum atomic E-state index is -4.65. The zero-order valence-corrected chi connectivity index (χ0v) is 18.4. The number of nitrogens with zero attached hydrogens (tertiary/aromatic N) is 1. The van der Waals surface area contributed by atoms with Gasteiger partial charge in [0, 0.05) is 23.4 Å². The largest absolute Gasteiger partial charge is 0.437 e. The van der Waals surface area contributed by atoms with E-state index in [4.69, 9.17) is 21.1 Å². The highest BCUT2D eigenvalue weighted by Gasteiger charge is 2.62. The van der Waals surface area contributed by atoms with Crippen molar-refractivity contribution in [3.05, 3.63) is 76.7 Å². The number of alkyl halides is 3. The summed E-state index contributed by atoms with van der Waals surface area (Å²) in [5.41, 5.74) is -1.94. The SMILES string of the molecule is Cc1ccc(NC(=O)Nc2ccc(Cl)c(F)c2)c(Oc2ccccc2C2(C(F)(F)F)CCO2)n1. The van der Waals surface area contributed by atoms with Gasteiger partial charge in [0.25, 0.3) is 0 Å². The summed E-state index contributed by atoms with van der Waals surface area (Å²) in [4.78, 5) is 16.7. The van der Waals surface area contributed by atoms with Crippen molar-refractivity contribution < 1.29 is 31.8 Å². The molecule has 2 heterocycles. The summed E-state index contributed by atoms with van der Waals surface area (Å²) in [6, 6.07) is 11.7. The molecule has 2 amide bonds. The molecule has 6 nitrogen and oxygen atoms in total. The molecule has 1 aliphatic heterocycles. The fraction of sp³-hybridized carbons (Fsp3) is 0.217. The molecule has 11 heteroatoms. The van der Waals surface area contributed by atoms with Crippen molar-refractivity contribution in [1.29, 1.82) is 0 Å². The first-order valence-corrected chi connectivity index (χ1v) is 10.5. The number of ether oxygens (including phenoxy) is 2.